The molecule has 0 N–H and O–H groups in total. The lowest BCUT2D eigenvalue weighted by molar-refractivity contribution is 0.186. The highest BCUT2D eigenvalue weighted by molar-refractivity contribution is 5.33. The summed E-state index contributed by atoms with van der Waals surface area (Å²) in [6.07, 6.45) is 0.813. The normalized spacial score (nSPS) is 27.0. The van der Waals surface area contributed by atoms with E-state index in [1.807, 2.05) is 30.3 Å². The van der Waals surface area contributed by atoms with Crippen LogP contribution in [0.2, 0.25) is 0 Å². The molecule has 1 atom stereocenters. The lowest BCUT2D eigenvalue weighted by Crippen LogP contribution is -2.23. The smallest absolute Gasteiger partial charge is 0.108 e. The van der Waals surface area contributed by atoms with Crippen LogP contribution in [0, 0.1) is 11.3 Å². The summed E-state index contributed by atoms with van der Waals surface area (Å²) in [6.45, 7) is 1.23. The van der Waals surface area contributed by atoms with Crippen molar-refractivity contribution in [2.45, 2.75) is 11.8 Å². The van der Waals surface area contributed by atoms with E-state index in [1.165, 1.54) is 0 Å². The van der Waals surface area contributed by atoms with E-state index in [9.17, 15) is 0 Å². The molecule has 0 unspecified atom stereocenters. The SMILES string of the molecule is N#C[C@@]1(c2ccccc2)CCOC1. The topological polar surface area (TPSA) is 33.0 Å². The largest absolute Gasteiger partial charge is 0.379 e. The zero-order valence-electron chi connectivity index (χ0n) is 7.36. The summed E-state index contributed by atoms with van der Waals surface area (Å²) in [4.78, 5) is 0. The Morgan fingerprint density at radius 2 is 2.08 bits per heavy atom. The highest BCUT2D eigenvalue weighted by atomic mass is 16.5. The van der Waals surface area contributed by atoms with E-state index in [-0.39, 0.29) is 5.41 Å². The summed E-state index contributed by atoms with van der Waals surface area (Å²) >= 11 is 0. The fourth-order valence-corrected chi connectivity index (χ4v) is 1.70. The molecule has 0 radical (unpaired) electrons. The Bertz CT molecular complexity index is 320. The Morgan fingerprint density at radius 3 is 2.62 bits per heavy atom. The fourth-order valence-electron chi connectivity index (χ4n) is 1.70. The highest BCUT2D eigenvalue weighted by Gasteiger charge is 2.36. The molecule has 0 aromatic heterocycles. The molecule has 1 aliphatic heterocycles. The van der Waals surface area contributed by atoms with Crippen LogP contribution in [0.4, 0.5) is 0 Å². The second-order valence-electron chi connectivity index (χ2n) is 3.36. The second kappa shape index (κ2) is 3.20. The molecule has 1 aromatic carbocycles. The van der Waals surface area contributed by atoms with Gasteiger partial charge in [0.15, 0.2) is 0 Å². The van der Waals surface area contributed by atoms with Gasteiger partial charge in [-0.25, -0.2) is 0 Å². The van der Waals surface area contributed by atoms with Gasteiger partial charge >= 0.3 is 0 Å². The first-order valence-corrected chi connectivity index (χ1v) is 4.42. The maximum absolute atomic E-state index is 9.14. The highest BCUT2D eigenvalue weighted by Crippen LogP contribution is 2.31. The van der Waals surface area contributed by atoms with E-state index < -0.39 is 0 Å². The van der Waals surface area contributed by atoms with Gasteiger partial charge < -0.3 is 4.74 Å². The predicted molar refractivity (Wildman–Crippen MR) is 49.2 cm³/mol. The van der Waals surface area contributed by atoms with Crippen molar-refractivity contribution in [3.63, 3.8) is 0 Å². The molecule has 1 aromatic rings. The van der Waals surface area contributed by atoms with E-state index in [1.54, 1.807) is 0 Å². The first-order valence-electron chi connectivity index (χ1n) is 4.42. The van der Waals surface area contributed by atoms with Gasteiger partial charge in [-0.2, -0.15) is 5.26 Å². The number of nitriles is 1. The Kier molecular flexibility index (Phi) is 2.03. The summed E-state index contributed by atoms with van der Waals surface area (Å²) in [6, 6.07) is 12.3. The van der Waals surface area contributed by atoms with Crippen LogP contribution in [0.25, 0.3) is 0 Å². The third kappa shape index (κ3) is 1.32. The lowest BCUT2D eigenvalue weighted by atomic mass is 9.81. The van der Waals surface area contributed by atoms with Crippen molar-refractivity contribution in [3.8, 4) is 6.07 Å². The van der Waals surface area contributed by atoms with Crippen molar-refractivity contribution in [1.29, 1.82) is 5.26 Å². The van der Waals surface area contributed by atoms with E-state index >= 15 is 0 Å². The van der Waals surface area contributed by atoms with Crippen LogP contribution in [-0.4, -0.2) is 13.2 Å². The van der Waals surface area contributed by atoms with Gasteiger partial charge in [0.05, 0.1) is 12.7 Å². The molecule has 0 spiro atoms. The van der Waals surface area contributed by atoms with E-state index in [0.29, 0.717) is 13.2 Å². The van der Waals surface area contributed by atoms with Crippen LogP contribution in [-0.2, 0) is 10.2 Å². The summed E-state index contributed by atoms with van der Waals surface area (Å²) in [5.41, 5.74) is 0.691. The Labute approximate surface area is 77.8 Å². The summed E-state index contributed by atoms with van der Waals surface area (Å²) in [5.74, 6) is 0. The van der Waals surface area contributed by atoms with Crippen molar-refractivity contribution < 1.29 is 4.74 Å². The van der Waals surface area contributed by atoms with Gasteiger partial charge in [0.25, 0.3) is 0 Å². The molecule has 2 nitrogen and oxygen atoms in total. The fraction of sp³-hybridized carbons (Fsp3) is 0.364. The number of hydrogen-bond donors (Lipinski definition) is 0. The molecule has 1 fully saturated rings. The molecule has 0 bridgehead atoms. The van der Waals surface area contributed by atoms with Crippen LogP contribution >= 0.6 is 0 Å². The minimum Gasteiger partial charge on any atom is -0.379 e. The van der Waals surface area contributed by atoms with E-state index in [0.717, 1.165) is 12.0 Å². The van der Waals surface area contributed by atoms with Gasteiger partial charge in [-0.1, -0.05) is 30.3 Å². The minimum atomic E-state index is -0.388. The zero-order chi connectivity index (χ0) is 9.15. The predicted octanol–water partition coefficient (Wildman–Crippen LogP) is 1.87. The van der Waals surface area contributed by atoms with Gasteiger partial charge in [0, 0.05) is 6.61 Å². The van der Waals surface area contributed by atoms with Gasteiger partial charge in [-0.05, 0) is 12.0 Å². The minimum absolute atomic E-state index is 0.388. The van der Waals surface area contributed by atoms with Crippen molar-refractivity contribution in [2.24, 2.45) is 0 Å². The summed E-state index contributed by atoms with van der Waals surface area (Å²) in [7, 11) is 0. The first kappa shape index (κ1) is 8.28. The van der Waals surface area contributed by atoms with Gasteiger partial charge in [-0.3, -0.25) is 0 Å². The summed E-state index contributed by atoms with van der Waals surface area (Å²) < 4.78 is 5.28. The first-order chi connectivity index (χ1) is 6.37. The van der Waals surface area contributed by atoms with E-state index in [2.05, 4.69) is 6.07 Å². The molecular formula is C11H11NO. The molecule has 2 rings (SSSR count). The molecule has 1 saturated heterocycles. The molecule has 0 aliphatic carbocycles. The van der Waals surface area contributed by atoms with Crippen molar-refractivity contribution >= 4 is 0 Å². The third-order valence-corrected chi connectivity index (χ3v) is 2.56. The van der Waals surface area contributed by atoms with Gasteiger partial charge in [-0.15, -0.1) is 0 Å². The Balaban J connectivity index is 2.38. The van der Waals surface area contributed by atoms with Crippen LogP contribution in [0.5, 0.6) is 0 Å². The molecule has 0 saturated carbocycles. The van der Waals surface area contributed by atoms with Gasteiger partial charge in [0.1, 0.15) is 5.41 Å². The van der Waals surface area contributed by atoms with Crippen LogP contribution < -0.4 is 0 Å². The zero-order valence-corrected chi connectivity index (χ0v) is 7.36. The molecule has 66 valence electrons. The average Bonchev–Trinajstić information content (AvgIpc) is 2.69. The van der Waals surface area contributed by atoms with E-state index in [4.69, 9.17) is 10.00 Å². The maximum Gasteiger partial charge on any atom is 0.108 e. The molecule has 0 amide bonds. The third-order valence-electron chi connectivity index (χ3n) is 2.56. The Hall–Kier alpha value is -1.33. The van der Waals surface area contributed by atoms with Gasteiger partial charge in [0.2, 0.25) is 0 Å². The molecule has 1 heterocycles. The quantitative estimate of drug-likeness (QED) is 0.649. The number of rotatable bonds is 1. The molecular weight excluding hydrogens is 162 g/mol. The number of benzene rings is 1. The van der Waals surface area contributed by atoms with Crippen LogP contribution in [0.15, 0.2) is 30.3 Å². The number of hydrogen-bond acceptors (Lipinski definition) is 2. The summed E-state index contributed by atoms with van der Waals surface area (Å²) in [5, 5.41) is 9.14. The second-order valence-corrected chi connectivity index (χ2v) is 3.36. The average molecular weight is 173 g/mol. The number of nitrogens with zero attached hydrogens (tertiary/aromatic N) is 1. The molecule has 2 heteroatoms. The number of ether oxygens (including phenoxy) is 1. The monoisotopic (exact) mass is 173 g/mol. The van der Waals surface area contributed by atoms with Crippen molar-refractivity contribution in [3.05, 3.63) is 35.9 Å². The maximum atomic E-state index is 9.14. The van der Waals surface area contributed by atoms with Crippen molar-refractivity contribution in [1.82, 2.24) is 0 Å². The molecule has 1 aliphatic rings. The van der Waals surface area contributed by atoms with Crippen LogP contribution in [0.1, 0.15) is 12.0 Å². The van der Waals surface area contributed by atoms with Crippen molar-refractivity contribution in [2.75, 3.05) is 13.2 Å². The lowest BCUT2D eigenvalue weighted by Gasteiger charge is -2.18. The molecule has 13 heavy (non-hydrogen) atoms. The Morgan fingerprint density at radius 1 is 1.31 bits per heavy atom. The van der Waals surface area contributed by atoms with Crippen LogP contribution in [0.3, 0.4) is 0 Å². The standard InChI is InChI=1S/C11H11NO/c12-8-11(6-7-13-9-11)10-4-2-1-3-5-10/h1-5H,6-7,9H2/t11-/m0/s1.